The lowest BCUT2D eigenvalue weighted by atomic mass is 9.63. The van der Waals surface area contributed by atoms with Crippen LogP contribution in [0.15, 0.2) is 47.5 Å². The Morgan fingerprint density at radius 3 is 2.04 bits per heavy atom. The van der Waals surface area contributed by atoms with Gasteiger partial charge in [-0.15, -0.1) is 0 Å². The van der Waals surface area contributed by atoms with Crippen LogP contribution in [0.2, 0.25) is 0 Å². The van der Waals surface area contributed by atoms with E-state index in [1.165, 1.54) is 23.8 Å². The number of hydrogen-bond donors (Lipinski definition) is 0. The first-order valence-corrected chi connectivity index (χ1v) is 9.45. The van der Waals surface area contributed by atoms with Gasteiger partial charge in [0, 0.05) is 0 Å². The molecule has 0 N–H and O–H groups in total. The predicted molar refractivity (Wildman–Crippen MR) is 111 cm³/mol. The molecule has 148 valence electrons. The molecular weight excluding hydrogens is 359 g/mol. The molecule has 0 amide bonds. The van der Waals surface area contributed by atoms with E-state index in [2.05, 4.69) is 39.4 Å². The lowest BCUT2D eigenvalue weighted by molar-refractivity contribution is -0.0683. The van der Waals surface area contributed by atoms with Gasteiger partial charge >= 0.3 is 6.18 Å². The minimum Gasteiger partial charge on any atom is -0.265 e. The van der Waals surface area contributed by atoms with Gasteiger partial charge in [0.1, 0.15) is 0 Å². The van der Waals surface area contributed by atoms with Crippen molar-refractivity contribution in [1.29, 1.82) is 0 Å². The van der Waals surface area contributed by atoms with Crippen LogP contribution in [-0.4, -0.2) is 12.9 Å². The zero-order valence-electron chi connectivity index (χ0n) is 16.8. The van der Waals surface area contributed by atoms with Crippen LogP contribution in [0.1, 0.15) is 62.8 Å². The smallest absolute Gasteiger partial charge is 0.265 e. The molecule has 0 fully saturated rings. The van der Waals surface area contributed by atoms with Crippen LogP contribution in [0, 0.1) is 0 Å². The molecule has 1 aliphatic rings. The van der Waals surface area contributed by atoms with Crippen LogP contribution in [0.3, 0.4) is 0 Å². The molecule has 0 bridgehead atoms. The first-order chi connectivity index (χ1) is 12.9. The number of fused-ring (bicyclic) bond motifs is 1. The molecule has 0 saturated carbocycles. The van der Waals surface area contributed by atoms with Crippen molar-refractivity contribution in [3.8, 4) is 0 Å². The van der Waals surface area contributed by atoms with Crippen molar-refractivity contribution in [3.05, 3.63) is 64.7 Å². The Morgan fingerprint density at radius 2 is 1.50 bits per heavy atom. The third-order valence-electron chi connectivity index (χ3n) is 5.85. The molecule has 0 atom stereocenters. The Morgan fingerprint density at radius 1 is 0.929 bits per heavy atom. The first-order valence-electron chi connectivity index (χ1n) is 9.45. The minimum absolute atomic E-state index is 0.0352. The van der Waals surface area contributed by atoms with E-state index in [0.717, 1.165) is 18.4 Å². The first kappa shape index (κ1) is 20.4. The monoisotopic (exact) mass is 385 g/mol. The van der Waals surface area contributed by atoms with E-state index in [1.54, 1.807) is 18.2 Å². The number of alkyl halides is 3. The van der Waals surface area contributed by atoms with E-state index < -0.39 is 11.7 Å². The van der Waals surface area contributed by atoms with Crippen LogP contribution >= 0.6 is 0 Å². The van der Waals surface area contributed by atoms with Crippen LogP contribution in [0.25, 0.3) is 11.6 Å². The van der Waals surface area contributed by atoms with Gasteiger partial charge in [-0.2, -0.15) is 13.2 Å². The van der Waals surface area contributed by atoms with Crippen molar-refractivity contribution in [2.45, 2.75) is 57.5 Å². The number of hydrogen-bond acceptors (Lipinski definition) is 1. The molecule has 1 nitrogen and oxygen atoms in total. The fraction of sp³-hybridized carbons (Fsp3) is 0.375. The Hall–Kier alpha value is -2.36. The second-order valence-electron chi connectivity index (χ2n) is 8.83. The number of aliphatic imine (C=N–C) groups is 1. The maximum Gasteiger partial charge on any atom is 0.417 e. The van der Waals surface area contributed by atoms with Gasteiger partial charge in [0.05, 0.1) is 11.3 Å². The van der Waals surface area contributed by atoms with Gasteiger partial charge in [-0.3, -0.25) is 4.99 Å². The Bertz CT molecular complexity index is 916. The zero-order chi connectivity index (χ0) is 20.7. The summed E-state index contributed by atoms with van der Waals surface area (Å²) in [4.78, 5) is 3.74. The molecule has 0 heterocycles. The molecule has 2 aromatic rings. The zero-order valence-corrected chi connectivity index (χ0v) is 16.8. The Balaban J connectivity index is 2.12. The molecular formula is C24H26F3N. The summed E-state index contributed by atoms with van der Waals surface area (Å²) >= 11 is 0. The summed E-state index contributed by atoms with van der Waals surface area (Å²) in [6, 6.07) is 11.7. The predicted octanol–water partition coefficient (Wildman–Crippen LogP) is 7.47. The molecule has 2 aromatic carbocycles. The number of halogens is 3. The van der Waals surface area contributed by atoms with Gasteiger partial charge in [0.2, 0.25) is 0 Å². The van der Waals surface area contributed by atoms with E-state index in [1.807, 2.05) is 12.1 Å². The third-order valence-corrected chi connectivity index (χ3v) is 5.85. The largest absolute Gasteiger partial charge is 0.417 e. The van der Waals surface area contributed by atoms with Crippen molar-refractivity contribution in [3.63, 3.8) is 0 Å². The normalized spacial score (nSPS) is 18.5. The van der Waals surface area contributed by atoms with Crippen LogP contribution < -0.4 is 0 Å². The van der Waals surface area contributed by atoms with Crippen LogP contribution in [0.5, 0.6) is 0 Å². The summed E-state index contributed by atoms with van der Waals surface area (Å²) in [5, 5.41) is 0. The second-order valence-corrected chi connectivity index (χ2v) is 8.83. The highest BCUT2D eigenvalue weighted by Crippen LogP contribution is 2.46. The number of nitrogens with zero attached hydrogens (tertiary/aromatic N) is 1. The van der Waals surface area contributed by atoms with Gasteiger partial charge in [-0.1, -0.05) is 58.0 Å². The average molecular weight is 385 g/mol. The molecule has 0 unspecified atom stereocenters. The quantitative estimate of drug-likeness (QED) is 0.384. The molecule has 0 aromatic heterocycles. The molecule has 0 aliphatic heterocycles. The summed E-state index contributed by atoms with van der Waals surface area (Å²) in [5.41, 5.74) is 2.94. The molecule has 0 saturated heterocycles. The van der Waals surface area contributed by atoms with E-state index in [-0.39, 0.29) is 16.4 Å². The summed E-state index contributed by atoms with van der Waals surface area (Å²) in [6.07, 6.45) is -1.12. The van der Waals surface area contributed by atoms with Crippen LogP contribution in [-0.2, 0) is 10.8 Å². The summed E-state index contributed by atoms with van der Waals surface area (Å²) in [7, 11) is 0. The van der Waals surface area contributed by atoms with Gasteiger partial charge in [0.25, 0.3) is 0 Å². The maximum atomic E-state index is 13.8. The van der Waals surface area contributed by atoms with Crippen molar-refractivity contribution >= 4 is 24.1 Å². The fourth-order valence-electron chi connectivity index (χ4n) is 3.94. The van der Waals surface area contributed by atoms with Crippen molar-refractivity contribution in [2.24, 2.45) is 4.99 Å². The second kappa shape index (κ2) is 6.91. The summed E-state index contributed by atoms with van der Waals surface area (Å²) in [6.45, 7) is 12.1. The van der Waals surface area contributed by atoms with E-state index in [9.17, 15) is 13.2 Å². The highest BCUT2D eigenvalue weighted by Gasteiger charge is 2.38. The molecule has 4 heteroatoms. The lowest BCUT2D eigenvalue weighted by Crippen LogP contribution is -2.33. The highest BCUT2D eigenvalue weighted by atomic mass is 19.4. The SMILES string of the molecule is C=Nc1ccc(/C(=C\c2ccc3c(c2)C(C)(C)CCC3(C)C)C(F)(F)F)cc1. The van der Waals surface area contributed by atoms with E-state index in [4.69, 9.17) is 0 Å². The third kappa shape index (κ3) is 3.91. The maximum absolute atomic E-state index is 13.8. The van der Waals surface area contributed by atoms with Gasteiger partial charge < -0.3 is 0 Å². The van der Waals surface area contributed by atoms with Gasteiger partial charge in [0.15, 0.2) is 0 Å². The molecule has 0 spiro atoms. The summed E-state index contributed by atoms with van der Waals surface area (Å²) < 4.78 is 41.4. The topological polar surface area (TPSA) is 12.4 Å². The van der Waals surface area contributed by atoms with Crippen molar-refractivity contribution in [1.82, 2.24) is 0 Å². The standard InChI is InChI=1S/C24H26F3N/c1-22(2)12-13-23(3,4)21-15-16(6-11-19(21)22)14-20(24(25,26)27)17-7-9-18(28-5)10-8-17/h6-11,14-15H,5,12-13H2,1-4H3/b20-14+. The molecule has 1 aliphatic carbocycles. The highest BCUT2D eigenvalue weighted by molar-refractivity contribution is 5.85. The van der Waals surface area contributed by atoms with Crippen LogP contribution in [0.4, 0.5) is 18.9 Å². The lowest BCUT2D eigenvalue weighted by Gasteiger charge is -2.42. The van der Waals surface area contributed by atoms with Gasteiger partial charge in [-0.05, 0) is 70.9 Å². The number of benzene rings is 2. The number of allylic oxidation sites excluding steroid dienone is 1. The fourth-order valence-corrected chi connectivity index (χ4v) is 3.94. The van der Waals surface area contributed by atoms with Gasteiger partial charge in [-0.25, -0.2) is 0 Å². The van der Waals surface area contributed by atoms with Crippen molar-refractivity contribution in [2.75, 3.05) is 0 Å². The van der Waals surface area contributed by atoms with E-state index >= 15 is 0 Å². The Labute approximate surface area is 165 Å². The molecule has 0 radical (unpaired) electrons. The number of rotatable bonds is 3. The molecule has 3 rings (SSSR count). The minimum atomic E-state index is -4.45. The Kier molecular flexibility index (Phi) is 5.03. The molecule has 28 heavy (non-hydrogen) atoms. The van der Waals surface area contributed by atoms with Crippen molar-refractivity contribution < 1.29 is 13.2 Å². The average Bonchev–Trinajstić information content (AvgIpc) is 2.63. The summed E-state index contributed by atoms with van der Waals surface area (Å²) in [5.74, 6) is 0. The van der Waals surface area contributed by atoms with E-state index in [0.29, 0.717) is 11.3 Å².